The molecule has 1 aromatic rings. The predicted octanol–water partition coefficient (Wildman–Crippen LogP) is 1.91. The minimum absolute atomic E-state index is 0.647. The largest absolute Gasteiger partial charge is 0.330 e. The molecular weight excluding hydrogens is 232 g/mol. The molecule has 0 aliphatic rings. The third kappa shape index (κ3) is 5.44. The van der Waals surface area contributed by atoms with Crippen molar-refractivity contribution in [2.45, 2.75) is 26.3 Å². The fourth-order valence-corrected chi connectivity index (χ4v) is 2.84. The van der Waals surface area contributed by atoms with E-state index in [-0.39, 0.29) is 0 Å². The number of benzene rings is 1. The lowest BCUT2D eigenvalue weighted by Gasteiger charge is -2.20. The van der Waals surface area contributed by atoms with Crippen molar-refractivity contribution in [1.82, 2.24) is 4.31 Å². The number of nitrogens with zero attached hydrogens (tertiary/aromatic N) is 1. The van der Waals surface area contributed by atoms with Crippen LogP contribution in [-0.2, 0) is 17.5 Å². The van der Waals surface area contributed by atoms with Crippen molar-refractivity contribution in [3.05, 3.63) is 35.9 Å². The smallest absolute Gasteiger partial charge is 0.0945 e. The minimum Gasteiger partial charge on any atom is -0.330 e. The second kappa shape index (κ2) is 8.39. The average molecular weight is 254 g/mol. The standard InChI is InChI=1S/C13H22N2OS/c1-2-11-17(16)15(10-6-9-14)12-13-7-4-3-5-8-13/h3-5,7-8H,2,6,9-12,14H2,1H3. The Bertz CT molecular complexity index is 329. The van der Waals surface area contributed by atoms with Gasteiger partial charge in [-0.25, -0.2) is 8.51 Å². The van der Waals surface area contributed by atoms with Gasteiger partial charge in [-0.15, -0.1) is 0 Å². The summed E-state index contributed by atoms with van der Waals surface area (Å²) in [6.07, 6.45) is 1.84. The first-order valence-corrected chi connectivity index (χ1v) is 7.43. The van der Waals surface area contributed by atoms with Crippen LogP contribution in [0.15, 0.2) is 30.3 Å². The molecule has 2 N–H and O–H groups in total. The summed E-state index contributed by atoms with van der Waals surface area (Å²) in [6.45, 7) is 4.25. The molecule has 96 valence electrons. The molecule has 0 aliphatic heterocycles. The molecule has 1 aromatic carbocycles. The fraction of sp³-hybridized carbons (Fsp3) is 0.538. The number of rotatable bonds is 8. The minimum atomic E-state index is -0.882. The summed E-state index contributed by atoms with van der Waals surface area (Å²) < 4.78 is 14.1. The van der Waals surface area contributed by atoms with Gasteiger partial charge < -0.3 is 5.73 Å². The molecule has 0 bridgehead atoms. The second-order valence-electron chi connectivity index (χ2n) is 4.02. The van der Waals surface area contributed by atoms with Gasteiger partial charge in [0.1, 0.15) is 0 Å². The van der Waals surface area contributed by atoms with Crippen molar-refractivity contribution in [3.63, 3.8) is 0 Å². The molecule has 0 heterocycles. The van der Waals surface area contributed by atoms with Crippen molar-refractivity contribution >= 4 is 11.0 Å². The lowest BCUT2D eigenvalue weighted by atomic mass is 10.2. The van der Waals surface area contributed by atoms with Crippen LogP contribution in [0.2, 0.25) is 0 Å². The van der Waals surface area contributed by atoms with E-state index in [9.17, 15) is 4.21 Å². The Morgan fingerprint density at radius 2 is 2.00 bits per heavy atom. The molecule has 1 atom stereocenters. The van der Waals surface area contributed by atoms with Crippen molar-refractivity contribution in [3.8, 4) is 0 Å². The van der Waals surface area contributed by atoms with Crippen molar-refractivity contribution < 1.29 is 4.21 Å². The topological polar surface area (TPSA) is 46.3 Å². The van der Waals surface area contributed by atoms with E-state index in [0.717, 1.165) is 31.7 Å². The maximum absolute atomic E-state index is 12.0. The van der Waals surface area contributed by atoms with Crippen molar-refractivity contribution in [2.24, 2.45) is 5.73 Å². The maximum atomic E-state index is 12.0. The monoisotopic (exact) mass is 254 g/mol. The molecule has 0 fully saturated rings. The zero-order valence-corrected chi connectivity index (χ0v) is 11.3. The van der Waals surface area contributed by atoms with Gasteiger partial charge in [-0.05, 0) is 24.9 Å². The third-order valence-electron chi connectivity index (χ3n) is 2.48. The highest BCUT2D eigenvalue weighted by Crippen LogP contribution is 2.08. The fourth-order valence-electron chi connectivity index (χ4n) is 1.61. The molecule has 0 aromatic heterocycles. The quantitative estimate of drug-likeness (QED) is 0.770. The van der Waals surface area contributed by atoms with Crippen LogP contribution in [-0.4, -0.2) is 27.4 Å². The molecule has 0 amide bonds. The van der Waals surface area contributed by atoms with Gasteiger partial charge in [-0.3, -0.25) is 0 Å². The van der Waals surface area contributed by atoms with E-state index >= 15 is 0 Å². The van der Waals surface area contributed by atoms with Gasteiger partial charge >= 0.3 is 0 Å². The van der Waals surface area contributed by atoms with Gasteiger partial charge in [0, 0.05) is 18.8 Å². The Kier molecular flexibility index (Phi) is 7.08. The number of hydrogen-bond donors (Lipinski definition) is 1. The SMILES string of the molecule is CCCS(=O)N(CCCN)Cc1ccccc1. The van der Waals surface area contributed by atoms with E-state index in [1.54, 1.807) is 0 Å². The van der Waals surface area contributed by atoms with E-state index in [2.05, 4.69) is 19.1 Å². The van der Waals surface area contributed by atoms with Gasteiger partial charge in [0.2, 0.25) is 0 Å². The Balaban J connectivity index is 2.59. The molecule has 0 saturated heterocycles. The highest BCUT2D eigenvalue weighted by atomic mass is 32.2. The highest BCUT2D eigenvalue weighted by molar-refractivity contribution is 7.82. The normalized spacial score (nSPS) is 12.9. The van der Waals surface area contributed by atoms with Crippen LogP contribution in [0, 0.1) is 0 Å². The predicted molar refractivity (Wildman–Crippen MR) is 73.8 cm³/mol. The molecule has 0 aliphatic carbocycles. The van der Waals surface area contributed by atoms with Crippen molar-refractivity contribution in [2.75, 3.05) is 18.8 Å². The van der Waals surface area contributed by atoms with Gasteiger partial charge in [0.05, 0.1) is 11.0 Å². The molecule has 0 spiro atoms. The first-order valence-electron chi connectivity index (χ1n) is 6.15. The Labute approximate surface area is 107 Å². The van der Waals surface area contributed by atoms with Crippen LogP contribution in [0.3, 0.4) is 0 Å². The highest BCUT2D eigenvalue weighted by Gasteiger charge is 2.12. The van der Waals surface area contributed by atoms with E-state index in [0.29, 0.717) is 6.54 Å². The van der Waals surface area contributed by atoms with Crippen LogP contribution in [0.25, 0.3) is 0 Å². The molecule has 3 nitrogen and oxygen atoms in total. The van der Waals surface area contributed by atoms with Crippen LogP contribution in [0.5, 0.6) is 0 Å². The van der Waals surface area contributed by atoms with E-state index < -0.39 is 11.0 Å². The Morgan fingerprint density at radius 1 is 1.29 bits per heavy atom. The maximum Gasteiger partial charge on any atom is 0.0945 e. The summed E-state index contributed by atoms with van der Waals surface area (Å²) in [5, 5.41) is 0. The van der Waals surface area contributed by atoms with Crippen molar-refractivity contribution in [1.29, 1.82) is 0 Å². The first-order chi connectivity index (χ1) is 8.27. The van der Waals surface area contributed by atoms with Crippen LogP contribution >= 0.6 is 0 Å². The van der Waals surface area contributed by atoms with Crippen LogP contribution in [0.1, 0.15) is 25.3 Å². The summed E-state index contributed by atoms with van der Waals surface area (Å²) in [5.74, 6) is 0.734. The summed E-state index contributed by atoms with van der Waals surface area (Å²) in [6, 6.07) is 10.2. The summed E-state index contributed by atoms with van der Waals surface area (Å²) in [5.41, 5.74) is 6.72. The summed E-state index contributed by atoms with van der Waals surface area (Å²) in [7, 11) is -0.882. The molecule has 0 radical (unpaired) electrons. The van der Waals surface area contributed by atoms with Crippen LogP contribution in [0.4, 0.5) is 0 Å². The van der Waals surface area contributed by atoms with Gasteiger partial charge in [0.25, 0.3) is 0 Å². The van der Waals surface area contributed by atoms with Gasteiger partial charge in [-0.1, -0.05) is 37.3 Å². The third-order valence-corrected chi connectivity index (χ3v) is 4.13. The molecule has 1 rings (SSSR count). The molecule has 1 unspecified atom stereocenters. The van der Waals surface area contributed by atoms with E-state index in [1.165, 1.54) is 5.56 Å². The van der Waals surface area contributed by atoms with E-state index in [4.69, 9.17) is 5.73 Å². The second-order valence-corrected chi connectivity index (χ2v) is 5.58. The zero-order valence-electron chi connectivity index (χ0n) is 10.5. The average Bonchev–Trinajstić information content (AvgIpc) is 2.36. The molecule has 0 saturated carbocycles. The Morgan fingerprint density at radius 3 is 2.59 bits per heavy atom. The zero-order chi connectivity index (χ0) is 12.5. The Hall–Kier alpha value is -0.710. The first kappa shape index (κ1) is 14.4. The lowest BCUT2D eigenvalue weighted by molar-refractivity contribution is 0.433. The van der Waals surface area contributed by atoms with Gasteiger partial charge in [-0.2, -0.15) is 0 Å². The molecule has 17 heavy (non-hydrogen) atoms. The van der Waals surface area contributed by atoms with Crippen LogP contribution < -0.4 is 5.73 Å². The number of hydrogen-bond acceptors (Lipinski definition) is 2. The van der Waals surface area contributed by atoms with E-state index in [1.807, 2.05) is 22.5 Å². The molecular formula is C13H22N2OS. The molecule has 4 heteroatoms. The number of nitrogens with two attached hydrogens (primary N) is 1. The van der Waals surface area contributed by atoms with Gasteiger partial charge in [0.15, 0.2) is 0 Å². The summed E-state index contributed by atoms with van der Waals surface area (Å²) in [4.78, 5) is 0. The summed E-state index contributed by atoms with van der Waals surface area (Å²) >= 11 is 0. The lowest BCUT2D eigenvalue weighted by Crippen LogP contribution is -2.29.